The zero-order valence-corrected chi connectivity index (χ0v) is 40.1. The van der Waals surface area contributed by atoms with E-state index in [0.717, 1.165) is 125 Å². The van der Waals surface area contributed by atoms with Crippen molar-refractivity contribution in [1.29, 1.82) is 0 Å². The van der Waals surface area contributed by atoms with Crippen LogP contribution in [0.4, 0.5) is 0 Å². The Bertz CT molecular complexity index is 1380. The second kappa shape index (κ2) is 18.9. The number of hydrogen-bond acceptors (Lipinski definition) is 1. The van der Waals surface area contributed by atoms with Gasteiger partial charge < -0.3 is 0 Å². The van der Waals surface area contributed by atoms with Crippen LogP contribution >= 0.6 is 0 Å². The van der Waals surface area contributed by atoms with Crippen LogP contribution in [0.5, 0.6) is 0 Å². The predicted molar refractivity (Wildman–Crippen MR) is 256 cm³/mol. The highest BCUT2D eigenvalue weighted by molar-refractivity contribution is 5.08. The second-order valence-corrected chi connectivity index (χ2v) is 26.9. The van der Waals surface area contributed by atoms with Crippen molar-refractivity contribution >= 4 is 0 Å². The smallest absolute Gasteiger partial charge is 0.0101 e. The second-order valence-electron chi connectivity index (χ2n) is 26.9. The van der Waals surface area contributed by atoms with Gasteiger partial charge in [-0.25, -0.2) is 0 Å². The van der Waals surface area contributed by atoms with Crippen molar-refractivity contribution in [2.75, 3.05) is 0 Å². The molecule has 0 aliphatic heterocycles. The van der Waals surface area contributed by atoms with Gasteiger partial charge in [0.05, 0.1) is 0 Å². The molecule has 0 saturated heterocycles. The fourth-order valence-electron chi connectivity index (χ4n) is 22.4. The molecule has 344 valence electrons. The van der Waals surface area contributed by atoms with E-state index in [4.69, 9.17) is 0 Å². The van der Waals surface area contributed by atoms with E-state index in [2.05, 4.69) is 4.90 Å². The van der Waals surface area contributed by atoms with Gasteiger partial charge in [-0.05, 0) is 248 Å². The van der Waals surface area contributed by atoms with Gasteiger partial charge in [-0.1, -0.05) is 109 Å². The molecule has 0 aromatic carbocycles. The highest BCUT2D eigenvalue weighted by Crippen LogP contribution is 2.67. The van der Waals surface area contributed by atoms with Gasteiger partial charge in [0, 0.05) is 18.1 Å². The number of nitrogens with zero attached hydrogens (tertiary/aromatic N) is 1. The Morgan fingerprint density at radius 2 is 0.525 bits per heavy atom. The molecule has 0 spiro atoms. The topological polar surface area (TPSA) is 3.24 Å². The summed E-state index contributed by atoms with van der Waals surface area (Å²) in [6.45, 7) is 0. The minimum Gasteiger partial charge on any atom is -0.294 e. The zero-order valence-electron chi connectivity index (χ0n) is 40.1. The Morgan fingerprint density at radius 3 is 1.18 bits per heavy atom. The highest BCUT2D eigenvalue weighted by Gasteiger charge is 2.59. The van der Waals surface area contributed by atoms with Gasteiger partial charge >= 0.3 is 0 Å². The Hall–Kier alpha value is -0.0400. The van der Waals surface area contributed by atoms with Gasteiger partial charge in [-0.3, -0.25) is 4.90 Å². The van der Waals surface area contributed by atoms with E-state index >= 15 is 0 Å². The molecule has 1 heteroatoms. The first-order valence-corrected chi connectivity index (χ1v) is 30.0. The summed E-state index contributed by atoms with van der Waals surface area (Å²) in [4.78, 5) is 3.32. The highest BCUT2D eigenvalue weighted by atomic mass is 15.2. The Labute approximate surface area is 378 Å². The molecule has 0 aromatic rings. The molecule has 12 rings (SSSR count). The van der Waals surface area contributed by atoms with Crippen LogP contribution in [0.1, 0.15) is 250 Å². The molecule has 12 aliphatic rings. The van der Waals surface area contributed by atoms with E-state index in [1.54, 1.807) is 199 Å². The van der Waals surface area contributed by atoms with Crippen molar-refractivity contribution in [1.82, 2.24) is 4.90 Å². The van der Waals surface area contributed by atoms with E-state index in [0.29, 0.717) is 0 Å². The normalized spacial score (nSPS) is 51.2. The van der Waals surface area contributed by atoms with E-state index in [-0.39, 0.29) is 0 Å². The number of rotatable bonds is 7. The van der Waals surface area contributed by atoms with Crippen molar-refractivity contribution in [3.8, 4) is 0 Å². The Morgan fingerprint density at radius 1 is 0.180 bits per heavy atom. The lowest BCUT2D eigenvalue weighted by Gasteiger charge is -2.57. The summed E-state index contributed by atoms with van der Waals surface area (Å²) in [7, 11) is 0. The summed E-state index contributed by atoms with van der Waals surface area (Å²) in [6, 6.07) is 2.80. The monoisotopic (exact) mass is 834 g/mol. The molecule has 0 bridgehead atoms. The SMILES string of the molecule is C1CCC(C2CCC(N(C3CCCCC3)C3CCC(C4CCC5CC6C7CCCCC7CC(C7CCC(C8CC9CCCCC9C8)C8CCCCC87)C6C5C4)CC3)CC2)CC1. The van der Waals surface area contributed by atoms with Gasteiger partial charge in [-0.2, -0.15) is 0 Å². The number of hydrogen-bond donors (Lipinski definition) is 0. The average molecular weight is 834 g/mol. The fourth-order valence-corrected chi connectivity index (χ4v) is 22.4. The molecule has 12 saturated carbocycles. The molecule has 14 unspecified atom stereocenters. The van der Waals surface area contributed by atoms with Crippen LogP contribution in [-0.2, 0) is 0 Å². The van der Waals surface area contributed by atoms with Gasteiger partial charge in [0.25, 0.3) is 0 Å². The first-order valence-electron chi connectivity index (χ1n) is 30.0. The van der Waals surface area contributed by atoms with Crippen LogP contribution in [0.25, 0.3) is 0 Å². The third-order valence-electron chi connectivity index (χ3n) is 24.8. The average Bonchev–Trinajstić information content (AvgIpc) is 3.95. The maximum absolute atomic E-state index is 3.32. The standard InChI is InChI=1S/C60H99N/c1-3-13-40(14-4-1)41-25-29-50(30-26-41)61(49-18-5-2-6-19-49)51-31-27-42(28-32-51)45-23-24-47-39-58-52-20-10-9-17-46(52)38-59(60(58)57(47)37-45)56-34-33-53(54-21-11-12-22-55(54)56)48-35-43-15-7-8-16-44(43)36-48/h40-60H,1-39H2. The van der Waals surface area contributed by atoms with Crippen molar-refractivity contribution < 1.29 is 0 Å². The molecule has 0 N–H and O–H groups in total. The molecule has 0 heterocycles. The molecule has 1 nitrogen and oxygen atoms in total. The van der Waals surface area contributed by atoms with E-state index in [1.165, 1.54) is 51.4 Å². The summed E-state index contributed by atoms with van der Waals surface area (Å²) >= 11 is 0. The largest absolute Gasteiger partial charge is 0.294 e. The summed E-state index contributed by atoms with van der Waals surface area (Å²) in [6.07, 6.45) is 62.2. The predicted octanol–water partition coefficient (Wildman–Crippen LogP) is 16.9. The molecule has 12 aliphatic carbocycles. The quantitative estimate of drug-likeness (QED) is 0.247. The third-order valence-corrected chi connectivity index (χ3v) is 24.8. The first kappa shape index (κ1) is 42.3. The minimum absolute atomic E-state index is 0.931. The lowest BCUT2D eigenvalue weighted by molar-refractivity contribution is -0.0775. The van der Waals surface area contributed by atoms with Crippen LogP contribution in [0.3, 0.4) is 0 Å². The summed E-state index contributed by atoms with van der Waals surface area (Å²) < 4.78 is 0. The molecule has 61 heavy (non-hydrogen) atoms. The molecule has 0 aromatic heterocycles. The molecule has 0 radical (unpaired) electrons. The van der Waals surface area contributed by atoms with Crippen LogP contribution in [0.15, 0.2) is 0 Å². The number of fused-ring (bicyclic) bond motifs is 7. The van der Waals surface area contributed by atoms with E-state index < -0.39 is 0 Å². The molecule has 12 fully saturated rings. The van der Waals surface area contributed by atoms with Gasteiger partial charge in [-0.15, -0.1) is 0 Å². The molecule has 0 amide bonds. The summed E-state index contributed by atoms with van der Waals surface area (Å²) in [5.41, 5.74) is 0. The first-order chi connectivity index (χ1) is 30.2. The lowest BCUT2D eigenvalue weighted by Crippen LogP contribution is -2.53. The maximum Gasteiger partial charge on any atom is 0.0101 e. The van der Waals surface area contributed by atoms with Gasteiger partial charge in [0.1, 0.15) is 0 Å². The summed E-state index contributed by atoms with van der Waals surface area (Å²) in [5, 5.41) is 0. The summed E-state index contributed by atoms with van der Waals surface area (Å²) in [5.74, 6) is 20.2. The Kier molecular flexibility index (Phi) is 13.1. The van der Waals surface area contributed by atoms with Crippen LogP contribution in [0.2, 0.25) is 0 Å². The van der Waals surface area contributed by atoms with Crippen molar-refractivity contribution in [3.05, 3.63) is 0 Å². The van der Waals surface area contributed by atoms with Gasteiger partial charge in [0.15, 0.2) is 0 Å². The maximum atomic E-state index is 3.32. The van der Waals surface area contributed by atoms with Crippen LogP contribution in [0, 0.1) is 107 Å². The Balaban J connectivity index is 0.729. The minimum atomic E-state index is 0.931. The zero-order chi connectivity index (χ0) is 40.3. The van der Waals surface area contributed by atoms with Crippen molar-refractivity contribution in [2.24, 2.45) is 107 Å². The third kappa shape index (κ3) is 8.39. The van der Waals surface area contributed by atoms with Crippen LogP contribution < -0.4 is 0 Å². The molecule has 14 atom stereocenters. The molecular formula is C60H99N. The molecular weight excluding hydrogens is 735 g/mol. The van der Waals surface area contributed by atoms with E-state index in [9.17, 15) is 0 Å². The van der Waals surface area contributed by atoms with E-state index in [1.807, 2.05) is 0 Å². The van der Waals surface area contributed by atoms with Gasteiger partial charge in [0.2, 0.25) is 0 Å². The fraction of sp³-hybridized carbons (Fsp3) is 1.00. The van der Waals surface area contributed by atoms with Crippen LogP contribution in [-0.4, -0.2) is 23.0 Å². The van der Waals surface area contributed by atoms with Crippen molar-refractivity contribution in [2.45, 2.75) is 269 Å². The lowest BCUT2D eigenvalue weighted by atomic mass is 9.48. The van der Waals surface area contributed by atoms with Crippen molar-refractivity contribution in [3.63, 3.8) is 0 Å².